The van der Waals surface area contributed by atoms with Gasteiger partial charge in [-0.3, -0.25) is 0 Å². The van der Waals surface area contributed by atoms with Gasteiger partial charge < -0.3 is 4.74 Å². The average molecular weight is 397 g/mol. The van der Waals surface area contributed by atoms with E-state index in [2.05, 4.69) is 35.1 Å². The van der Waals surface area contributed by atoms with Gasteiger partial charge in [-0.25, -0.2) is 4.79 Å². The van der Waals surface area contributed by atoms with Crippen LogP contribution in [-0.4, -0.2) is 18.5 Å². The lowest BCUT2D eigenvalue weighted by Crippen LogP contribution is -2.30. The normalized spacial score (nSPS) is 11.5. The molecular weight excluding hydrogens is 358 g/mol. The van der Waals surface area contributed by atoms with Crippen LogP contribution in [0.25, 0.3) is 0 Å². The van der Waals surface area contributed by atoms with Crippen LogP contribution in [0.3, 0.4) is 0 Å². The minimum Gasteiger partial charge on any atom is -0.462 e. The van der Waals surface area contributed by atoms with E-state index in [1.165, 1.54) is 63.4 Å². The monoisotopic (exact) mass is 396 g/mol. The van der Waals surface area contributed by atoms with Crippen molar-refractivity contribution in [2.75, 3.05) is 6.61 Å². The zero-order chi connectivity index (χ0) is 20.5. The van der Waals surface area contributed by atoms with Crippen LogP contribution >= 0.6 is 0 Å². The van der Waals surface area contributed by atoms with Crippen molar-refractivity contribution in [2.45, 2.75) is 103 Å². The molecule has 0 heterocycles. The minimum absolute atomic E-state index is 0.00209. The number of esters is 1. The number of rotatable bonds is 17. The average Bonchev–Trinajstić information content (AvgIpc) is 2.69. The van der Waals surface area contributed by atoms with Crippen LogP contribution in [0.15, 0.2) is 30.3 Å². The Hall–Kier alpha value is -1.45. The highest BCUT2D eigenvalue weighted by Crippen LogP contribution is 2.24. The summed E-state index contributed by atoms with van der Waals surface area (Å²) in [7, 11) is 0. The van der Waals surface area contributed by atoms with Crippen molar-refractivity contribution in [1.29, 1.82) is 0 Å². The van der Waals surface area contributed by atoms with Crippen molar-refractivity contribution in [2.24, 2.45) is 0 Å². The van der Waals surface area contributed by atoms with Gasteiger partial charge in [-0.05, 0) is 31.7 Å². The Kier molecular flexibility index (Phi) is 13.6. The molecule has 0 N–H and O–H groups in total. The third-order valence-corrected chi connectivity index (χ3v) is 5.12. The summed E-state index contributed by atoms with van der Waals surface area (Å²) in [6, 6.07) is 10.7. The highest BCUT2D eigenvalue weighted by molar-refractivity contribution is 5.77. The number of hydrogen-bond donors (Lipinski definition) is 0. The van der Waals surface area contributed by atoms with E-state index in [4.69, 9.17) is 0 Å². The van der Waals surface area contributed by atoms with Crippen LogP contribution in [0.2, 0.25) is 0 Å². The van der Waals surface area contributed by atoms with Gasteiger partial charge in [0.25, 0.3) is 0 Å². The van der Waals surface area contributed by atoms with Gasteiger partial charge in [0.05, 0.1) is 6.61 Å². The van der Waals surface area contributed by atoms with E-state index < -0.39 is 18.3 Å². The van der Waals surface area contributed by atoms with E-state index in [9.17, 15) is 13.6 Å². The lowest BCUT2D eigenvalue weighted by atomic mass is 10.0. The molecule has 0 aliphatic rings. The van der Waals surface area contributed by atoms with Crippen LogP contribution in [-0.2, 0) is 16.0 Å². The molecule has 0 aromatic heterocycles. The van der Waals surface area contributed by atoms with E-state index in [-0.39, 0.29) is 6.61 Å². The second kappa shape index (κ2) is 15.5. The molecule has 0 unspecified atom stereocenters. The molecule has 0 amide bonds. The molecule has 0 fully saturated rings. The first-order chi connectivity index (χ1) is 13.6. The maximum Gasteiger partial charge on any atom is 0.376 e. The van der Waals surface area contributed by atoms with Gasteiger partial charge in [0, 0.05) is 6.42 Å². The molecule has 0 radical (unpaired) electrons. The van der Waals surface area contributed by atoms with Crippen molar-refractivity contribution in [1.82, 2.24) is 0 Å². The van der Waals surface area contributed by atoms with Crippen molar-refractivity contribution in [3.63, 3.8) is 0 Å². The van der Waals surface area contributed by atoms with Crippen molar-refractivity contribution >= 4 is 5.97 Å². The van der Waals surface area contributed by atoms with Gasteiger partial charge >= 0.3 is 11.9 Å². The zero-order valence-corrected chi connectivity index (χ0v) is 17.6. The Bertz CT molecular complexity index is 503. The number of hydrogen-bond acceptors (Lipinski definition) is 2. The first-order valence-corrected chi connectivity index (χ1v) is 11.1. The number of carbonyl (C=O) groups is 1. The zero-order valence-electron chi connectivity index (χ0n) is 17.6. The third-order valence-electron chi connectivity index (χ3n) is 5.12. The quantitative estimate of drug-likeness (QED) is 0.201. The fourth-order valence-electron chi connectivity index (χ4n) is 3.43. The topological polar surface area (TPSA) is 26.3 Å². The summed E-state index contributed by atoms with van der Waals surface area (Å²) < 4.78 is 31.3. The smallest absolute Gasteiger partial charge is 0.376 e. The fourth-order valence-corrected chi connectivity index (χ4v) is 3.43. The van der Waals surface area contributed by atoms with E-state index in [0.717, 1.165) is 19.3 Å². The number of ether oxygens (including phenoxy) is 1. The van der Waals surface area contributed by atoms with Gasteiger partial charge in [0.2, 0.25) is 0 Å². The molecule has 0 aliphatic heterocycles. The van der Waals surface area contributed by atoms with E-state index in [1.807, 2.05) is 0 Å². The van der Waals surface area contributed by atoms with Crippen LogP contribution in [0.4, 0.5) is 8.78 Å². The minimum atomic E-state index is -3.32. The molecular formula is C24H38F2O2. The molecule has 0 bridgehead atoms. The molecule has 1 aromatic rings. The standard InChI is InChI=1S/C24H38F2O2/c1-2-28-23(27)24(25,26)21-17-12-10-8-6-4-3-5-7-9-11-14-18-22-19-15-13-16-20-22/h13,15-16,19-20H,2-12,14,17-18,21H2,1H3. The molecule has 160 valence electrons. The summed E-state index contributed by atoms with van der Waals surface area (Å²) in [5.41, 5.74) is 1.44. The molecule has 4 heteroatoms. The van der Waals surface area contributed by atoms with Crippen LogP contribution < -0.4 is 0 Å². The second-order valence-corrected chi connectivity index (χ2v) is 7.65. The van der Waals surface area contributed by atoms with Crippen molar-refractivity contribution in [3.8, 4) is 0 Å². The first-order valence-electron chi connectivity index (χ1n) is 11.1. The summed E-state index contributed by atoms with van der Waals surface area (Å²) in [4.78, 5) is 11.1. The van der Waals surface area contributed by atoms with Crippen LogP contribution in [0.5, 0.6) is 0 Å². The Morgan fingerprint density at radius 2 is 1.25 bits per heavy atom. The van der Waals surface area contributed by atoms with Gasteiger partial charge in [0.1, 0.15) is 0 Å². The Morgan fingerprint density at radius 1 is 0.786 bits per heavy atom. The van der Waals surface area contributed by atoms with Crippen LogP contribution in [0.1, 0.15) is 96.0 Å². The van der Waals surface area contributed by atoms with Gasteiger partial charge in [-0.1, -0.05) is 94.5 Å². The molecule has 1 rings (SSSR count). The lowest BCUT2D eigenvalue weighted by molar-refractivity contribution is -0.172. The van der Waals surface area contributed by atoms with E-state index in [0.29, 0.717) is 6.42 Å². The van der Waals surface area contributed by atoms with Gasteiger partial charge in [0.15, 0.2) is 0 Å². The van der Waals surface area contributed by atoms with Gasteiger partial charge in [-0.2, -0.15) is 8.78 Å². The Labute approximate surface area is 170 Å². The lowest BCUT2D eigenvalue weighted by Gasteiger charge is -2.14. The molecule has 0 spiro atoms. The molecule has 0 atom stereocenters. The summed E-state index contributed by atoms with van der Waals surface area (Å²) >= 11 is 0. The highest BCUT2D eigenvalue weighted by Gasteiger charge is 2.39. The number of carbonyl (C=O) groups excluding carboxylic acids is 1. The number of halogens is 2. The maximum absolute atomic E-state index is 13.4. The number of alkyl halides is 2. The summed E-state index contributed by atoms with van der Waals surface area (Å²) in [6.45, 7) is 1.54. The molecule has 1 aromatic carbocycles. The predicted molar refractivity (Wildman–Crippen MR) is 112 cm³/mol. The van der Waals surface area contributed by atoms with E-state index in [1.54, 1.807) is 6.92 Å². The summed E-state index contributed by atoms with van der Waals surface area (Å²) in [6.07, 6.45) is 14.2. The number of aryl methyl sites for hydroxylation is 1. The molecule has 0 saturated carbocycles. The molecule has 28 heavy (non-hydrogen) atoms. The van der Waals surface area contributed by atoms with Crippen molar-refractivity contribution < 1.29 is 18.3 Å². The van der Waals surface area contributed by atoms with Crippen LogP contribution in [0, 0.1) is 0 Å². The summed E-state index contributed by atoms with van der Waals surface area (Å²) in [5, 5.41) is 0. The Balaban J connectivity index is 1.82. The molecule has 0 saturated heterocycles. The second-order valence-electron chi connectivity index (χ2n) is 7.65. The molecule has 2 nitrogen and oxygen atoms in total. The SMILES string of the molecule is CCOC(=O)C(F)(F)CCCCCCCCCCCCCCc1ccccc1. The highest BCUT2D eigenvalue weighted by atomic mass is 19.3. The first kappa shape index (κ1) is 24.6. The predicted octanol–water partition coefficient (Wildman–Crippen LogP) is 7.50. The Morgan fingerprint density at radius 3 is 1.75 bits per heavy atom. The number of unbranched alkanes of at least 4 members (excludes halogenated alkanes) is 11. The largest absolute Gasteiger partial charge is 0.462 e. The third kappa shape index (κ3) is 12.1. The van der Waals surface area contributed by atoms with Crippen molar-refractivity contribution in [3.05, 3.63) is 35.9 Å². The fraction of sp³-hybridized carbons (Fsp3) is 0.708. The maximum atomic E-state index is 13.4. The van der Waals surface area contributed by atoms with E-state index >= 15 is 0 Å². The molecule has 0 aliphatic carbocycles. The number of benzene rings is 1. The summed E-state index contributed by atoms with van der Waals surface area (Å²) in [5.74, 6) is -4.70. The van der Waals surface area contributed by atoms with Gasteiger partial charge in [-0.15, -0.1) is 0 Å².